The van der Waals surface area contributed by atoms with E-state index in [2.05, 4.69) is 12.2 Å². The van der Waals surface area contributed by atoms with Gasteiger partial charge >= 0.3 is 0 Å². The van der Waals surface area contributed by atoms with Gasteiger partial charge in [-0.05, 0) is 26.3 Å². The minimum absolute atomic E-state index is 0.139. The maximum atomic E-state index is 9.34. The molecule has 0 fully saturated rings. The maximum Gasteiger partial charge on any atom is 0.123 e. The van der Waals surface area contributed by atoms with Crippen molar-refractivity contribution >= 4 is 0 Å². The highest BCUT2D eigenvalue weighted by Gasteiger charge is 2.20. The number of aliphatic hydroxyl groups is 1. The second-order valence-electron chi connectivity index (χ2n) is 4.47. The molecule has 96 valence electrons. The molecule has 0 radical (unpaired) electrons. The van der Waals surface area contributed by atoms with Crippen LogP contribution in [0.5, 0.6) is 5.75 Å². The van der Waals surface area contributed by atoms with Gasteiger partial charge in [-0.2, -0.15) is 0 Å². The third-order valence-corrected chi connectivity index (χ3v) is 3.11. The number of hydrogen-bond donors (Lipinski definition) is 2. The van der Waals surface area contributed by atoms with E-state index in [-0.39, 0.29) is 12.1 Å². The monoisotopic (exact) mass is 237 g/mol. The Kier molecular flexibility index (Phi) is 5.45. The summed E-state index contributed by atoms with van der Waals surface area (Å²) >= 11 is 0. The first kappa shape index (κ1) is 14.0. The molecule has 2 N–H and O–H groups in total. The van der Waals surface area contributed by atoms with Crippen LogP contribution in [0.25, 0.3) is 0 Å². The highest BCUT2D eigenvalue weighted by atomic mass is 16.5. The van der Waals surface area contributed by atoms with Crippen molar-refractivity contribution in [2.75, 3.05) is 13.2 Å². The molecule has 1 atom stereocenters. The average Bonchev–Trinajstić information content (AvgIpc) is 2.38. The summed E-state index contributed by atoms with van der Waals surface area (Å²) in [6.45, 7) is 7.59. The molecule has 1 rings (SSSR count). The van der Waals surface area contributed by atoms with Gasteiger partial charge in [-0.15, -0.1) is 0 Å². The number of rotatable bonds is 7. The molecule has 1 aromatic rings. The van der Waals surface area contributed by atoms with Crippen molar-refractivity contribution in [3.05, 3.63) is 29.8 Å². The largest absolute Gasteiger partial charge is 0.494 e. The minimum atomic E-state index is -0.223. The van der Waals surface area contributed by atoms with E-state index >= 15 is 0 Å². The molecule has 1 unspecified atom stereocenters. The summed E-state index contributed by atoms with van der Waals surface area (Å²) in [5, 5.41) is 12.7. The van der Waals surface area contributed by atoms with Crippen LogP contribution in [-0.4, -0.2) is 23.9 Å². The van der Waals surface area contributed by atoms with E-state index in [1.807, 2.05) is 38.1 Å². The lowest BCUT2D eigenvalue weighted by Crippen LogP contribution is -2.44. The van der Waals surface area contributed by atoms with Crippen LogP contribution in [0.2, 0.25) is 0 Å². The lowest BCUT2D eigenvalue weighted by Gasteiger charge is -2.27. The van der Waals surface area contributed by atoms with Crippen molar-refractivity contribution in [1.29, 1.82) is 0 Å². The third-order valence-electron chi connectivity index (χ3n) is 3.11. The Morgan fingerprint density at radius 2 is 2.00 bits per heavy atom. The van der Waals surface area contributed by atoms with Gasteiger partial charge in [0, 0.05) is 17.6 Å². The average molecular weight is 237 g/mol. The fourth-order valence-electron chi connectivity index (χ4n) is 1.55. The Bertz CT molecular complexity index is 335. The highest BCUT2D eigenvalue weighted by Crippen LogP contribution is 2.19. The fourth-order valence-corrected chi connectivity index (χ4v) is 1.55. The second-order valence-corrected chi connectivity index (χ2v) is 4.47. The molecular formula is C14H23NO2. The molecule has 0 saturated heterocycles. The smallest absolute Gasteiger partial charge is 0.123 e. The van der Waals surface area contributed by atoms with Crippen molar-refractivity contribution in [1.82, 2.24) is 5.32 Å². The van der Waals surface area contributed by atoms with Gasteiger partial charge in [-0.1, -0.05) is 25.1 Å². The first-order valence-corrected chi connectivity index (χ1v) is 6.21. The van der Waals surface area contributed by atoms with E-state index in [1.165, 1.54) is 0 Å². The van der Waals surface area contributed by atoms with Crippen LogP contribution in [0.15, 0.2) is 24.3 Å². The molecule has 0 bridgehead atoms. The number of benzene rings is 1. The Morgan fingerprint density at radius 1 is 1.29 bits per heavy atom. The summed E-state index contributed by atoms with van der Waals surface area (Å²) in [5.41, 5.74) is 0.904. The summed E-state index contributed by atoms with van der Waals surface area (Å²) in [4.78, 5) is 0. The zero-order valence-electron chi connectivity index (χ0n) is 11.0. The van der Waals surface area contributed by atoms with Crippen LogP contribution in [0.3, 0.4) is 0 Å². The molecule has 0 saturated carbocycles. The minimum Gasteiger partial charge on any atom is -0.494 e. The van der Waals surface area contributed by atoms with Crippen molar-refractivity contribution in [2.24, 2.45) is 0 Å². The zero-order chi connectivity index (χ0) is 12.7. The first-order chi connectivity index (χ1) is 8.15. The Balaban J connectivity index is 2.68. The predicted molar refractivity (Wildman–Crippen MR) is 70.2 cm³/mol. The Hall–Kier alpha value is -1.06. The van der Waals surface area contributed by atoms with Crippen LogP contribution in [0, 0.1) is 0 Å². The Morgan fingerprint density at radius 3 is 2.59 bits per heavy atom. The topological polar surface area (TPSA) is 41.5 Å². The van der Waals surface area contributed by atoms with Crippen LogP contribution >= 0.6 is 0 Å². The molecule has 17 heavy (non-hydrogen) atoms. The normalized spacial score (nSPS) is 14.4. The van der Waals surface area contributed by atoms with Gasteiger partial charge in [-0.25, -0.2) is 0 Å². The molecule has 0 amide bonds. The van der Waals surface area contributed by atoms with Crippen LogP contribution in [0.1, 0.15) is 32.8 Å². The maximum absolute atomic E-state index is 9.34. The lowest BCUT2D eigenvalue weighted by atomic mass is 10.00. The van der Waals surface area contributed by atoms with Crippen molar-refractivity contribution in [2.45, 2.75) is 39.3 Å². The standard InChI is InChI=1S/C14H23NO2/c1-4-14(3,11-16)15-10-12-8-6-7-9-13(12)17-5-2/h6-9,15-16H,4-5,10-11H2,1-3H3. The van der Waals surface area contributed by atoms with Gasteiger partial charge in [0.05, 0.1) is 13.2 Å². The highest BCUT2D eigenvalue weighted by molar-refractivity contribution is 5.33. The molecule has 3 nitrogen and oxygen atoms in total. The summed E-state index contributed by atoms with van der Waals surface area (Å²) < 4.78 is 5.57. The Labute approximate surface area is 104 Å². The fraction of sp³-hybridized carbons (Fsp3) is 0.571. The molecule has 1 aromatic carbocycles. The van der Waals surface area contributed by atoms with Crippen molar-refractivity contribution in [3.8, 4) is 5.75 Å². The number of ether oxygens (including phenoxy) is 1. The summed E-state index contributed by atoms with van der Waals surface area (Å²) in [7, 11) is 0. The zero-order valence-corrected chi connectivity index (χ0v) is 11.0. The van der Waals surface area contributed by atoms with E-state index in [9.17, 15) is 5.11 Å². The third kappa shape index (κ3) is 4.02. The summed E-state index contributed by atoms with van der Waals surface area (Å²) in [6, 6.07) is 8.00. The molecular weight excluding hydrogens is 214 g/mol. The number of hydrogen-bond acceptors (Lipinski definition) is 3. The summed E-state index contributed by atoms with van der Waals surface area (Å²) in [6.07, 6.45) is 0.889. The molecule has 0 aliphatic heterocycles. The van der Waals surface area contributed by atoms with Gasteiger partial charge in [-0.3, -0.25) is 0 Å². The van der Waals surface area contributed by atoms with E-state index in [0.717, 1.165) is 17.7 Å². The number of aliphatic hydroxyl groups excluding tert-OH is 1. The van der Waals surface area contributed by atoms with E-state index in [0.29, 0.717) is 13.2 Å². The number of para-hydroxylation sites is 1. The van der Waals surface area contributed by atoms with Crippen LogP contribution in [0.4, 0.5) is 0 Å². The van der Waals surface area contributed by atoms with Crippen molar-refractivity contribution in [3.63, 3.8) is 0 Å². The predicted octanol–water partition coefficient (Wildman–Crippen LogP) is 2.34. The van der Waals surface area contributed by atoms with Gasteiger partial charge in [0.2, 0.25) is 0 Å². The molecule has 3 heteroatoms. The van der Waals surface area contributed by atoms with Gasteiger partial charge < -0.3 is 15.2 Å². The van der Waals surface area contributed by atoms with Crippen LogP contribution in [-0.2, 0) is 6.54 Å². The molecule has 0 aliphatic carbocycles. The molecule has 0 aromatic heterocycles. The first-order valence-electron chi connectivity index (χ1n) is 6.21. The second kappa shape index (κ2) is 6.62. The molecule has 0 heterocycles. The lowest BCUT2D eigenvalue weighted by molar-refractivity contribution is 0.168. The van der Waals surface area contributed by atoms with E-state index in [1.54, 1.807) is 0 Å². The van der Waals surface area contributed by atoms with Crippen LogP contribution < -0.4 is 10.1 Å². The van der Waals surface area contributed by atoms with E-state index in [4.69, 9.17) is 4.74 Å². The number of nitrogens with one attached hydrogen (secondary N) is 1. The van der Waals surface area contributed by atoms with E-state index < -0.39 is 0 Å². The summed E-state index contributed by atoms with van der Waals surface area (Å²) in [5.74, 6) is 0.916. The van der Waals surface area contributed by atoms with Gasteiger partial charge in [0.1, 0.15) is 5.75 Å². The quantitative estimate of drug-likeness (QED) is 0.765. The molecule has 0 spiro atoms. The molecule has 0 aliphatic rings. The van der Waals surface area contributed by atoms with Gasteiger partial charge in [0.15, 0.2) is 0 Å². The van der Waals surface area contributed by atoms with Crippen molar-refractivity contribution < 1.29 is 9.84 Å². The van der Waals surface area contributed by atoms with Gasteiger partial charge in [0.25, 0.3) is 0 Å². The SMILES string of the molecule is CCOc1ccccc1CNC(C)(CC)CO.